The van der Waals surface area contributed by atoms with Crippen LogP contribution < -0.4 is 10.1 Å². The zero-order chi connectivity index (χ0) is 19.3. The molecular formula is C22H23N3O2S. The van der Waals surface area contributed by atoms with E-state index in [-0.39, 0.29) is 11.9 Å². The number of hydrogen-bond acceptors (Lipinski definition) is 5. The number of hydrogen-bond donors (Lipinski definition) is 1. The lowest BCUT2D eigenvalue weighted by molar-refractivity contribution is 0.0933. The quantitative estimate of drug-likeness (QED) is 0.692. The van der Waals surface area contributed by atoms with Crippen LogP contribution in [0.5, 0.6) is 5.75 Å². The molecule has 1 aromatic heterocycles. The molecular weight excluding hydrogens is 370 g/mol. The summed E-state index contributed by atoms with van der Waals surface area (Å²) in [4.78, 5) is 19.5. The Kier molecular flexibility index (Phi) is 5.69. The molecule has 1 N–H and O–H groups in total. The van der Waals surface area contributed by atoms with Gasteiger partial charge in [-0.15, -0.1) is 11.3 Å². The van der Waals surface area contributed by atoms with Gasteiger partial charge in [-0.1, -0.05) is 30.3 Å². The number of carbonyl (C=O) groups excluding carboxylic acids is 1. The molecule has 1 fully saturated rings. The lowest BCUT2D eigenvalue weighted by Crippen LogP contribution is -2.37. The summed E-state index contributed by atoms with van der Waals surface area (Å²) in [6.45, 7) is 2.79. The van der Waals surface area contributed by atoms with E-state index in [1.165, 1.54) is 16.9 Å². The molecule has 6 heteroatoms. The van der Waals surface area contributed by atoms with Gasteiger partial charge < -0.3 is 10.1 Å². The maximum absolute atomic E-state index is 12.6. The van der Waals surface area contributed by atoms with Crippen molar-refractivity contribution in [2.24, 2.45) is 0 Å². The Bertz CT molecular complexity index is 924. The largest absolute Gasteiger partial charge is 0.497 e. The second kappa shape index (κ2) is 8.54. The number of carbonyl (C=O) groups is 1. The van der Waals surface area contributed by atoms with Crippen molar-refractivity contribution in [2.45, 2.75) is 19.0 Å². The van der Waals surface area contributed by atoms with Crippen molar-refractivity contribution in [2.75, 3.05) is 20.2 Å². The van der Waals surface area contributed by atoms with Gasteiger partial charge in [-0.2, -0.15) is 0 Å². The summed E-state index contributed by atoms with van der Waals surface area (Å²) in [6, 6.07) is 18.3. The fourth-order valence-electron chi connectivity index (χ4n) is 3.44. The minimum Gasteiger partial charge on any atom is -0.497 e. The molecule has 0 aliphatic carbocycles. The number of nitrogens with zero attached hydrogens (tertiary/aromatic N) is 2. The normalized spacial score (nSPS) is 16.8. The minimum absolute atomic E-state index is 0.0948. The van der Waals surface area contributed by atoms with Crippen LogP contribution in [0.1, 0.15) is 22.5 Å². The number of methoxy groups -OCH3 is 1. The molecule has 2 heterocycles. The van der Waals surface area contributed by atoms with Crippen molar-refractivity contribution < 1.29 is 9.53 Å². The zero-order valence-electron chi connectivity index (χ0n) is 15.8. The van der Waals surface area contributed by atoms with E-state index in [9.17, 15) is 4.79 Å². The Morgan fingerprint density at radius 2 is 2.00 bits per heavy atom. The fourth-order valence-corrected chi connectivity index (χ4v) is 4.25. The summed E-state index contributed by atoms with van der Waals surface area (Å²) < 4.78 is 5.18. The molecule has 0 bridgehead atoms. The third-order valence-corrected chi connectivity index (χ3v) is 5.82. The van der Waals surface area contributed by atoms with E-state index in [0.717, 1.165) is 42.4 Å². The van der Waals surface area contributed by atoms with E-state index in [1.807, 2.05) is 35.7 Å². The highest BCUT2D eigenvalue weighted by atomic mass is 32.1. The second-order valence-electron chi connectivity index (χ2n) is 6.95. The van der Waals surface area contributed by atoms with Gasteiger partial charge in [0.1, 0.15) is 16.5 Å². The molecule has 4 rings (SSSR count). The van der Waals surface area contributed by atoms with E-state index in [2.05, 4.69) is 39.5 Å². The Morgan fingerprint density at radius 1 is 1.21 bits per heavy atom. The Morgan fingerprint density at radius 3 is 2.75 bits per heavy atom. The first-order valence-electron chi connectivity index (χ1n) is 9.38. The monoisotopic (exact) mass is 393 g/mol. The average Bonchev–Trinajstić information content (AvgIpc) is 3.39. The molecule has 1 saturated heterocycles. The molecule has 1 aliphatic rings. The van der Waals surface area contributed by atoms with Crippen LogP contribution in [0.2, 0.25) is 0 Å². The predicted octanol–water partition coefficient (Wildman–Crippen LogP) is 3.82. The summed E-state index contributed by atoms with van der Waals surface area (Å²) in [5.41, 5.74) is 2.77. The molecule has 1 atom stereocenters. The lowest BCUT2D eigenvalue weighted by atomic mass is 10.2. The summed E-state index contributed by atoms with van der Waals surface area (Å²) >= 11 is 1.48. The molecule has 0 saturated carbocycles. The van der Waals surface area contributed by atoms with Crippen LogP contribution in [0.4, 0.5) is 0 Å². The fraction of sp³-hybridized carbons (Fsp3) is 0.273. The van der Waals surface area contributed by atoms with Gasteiger partial charge in [0.05, 0.1) is 7.11 Å². The van der Waals surface area contributed by atoms with E-state index in [0.29, 0.717) is 5.69 Å². The summed E-state index contributed by atoms with van der Waals surface area (Å²) in [7, 11) is 1.64. The third kappa shape index (κ3) is 4.40. The molecule has 5 nitrogen and oxygen atoms in total. The number of rotatable bonds is 6. The van der Waals surface area contributed by atoms with Crippen LogP contribution in [-0.2, 0) is 6.54 Å². The van der Waals surface area contributed by atoms with E-state index in [1.54, 1.807) is 7.11 Å². The first-order chi connectivity index (χ1) is 13.7. The topological polar surface area (TPSA) is 54.5 Å². The highest BCUT2D eigenvalue weighted by Crippen LogP contribution is 2.26. The Hall–Kier alpha value is -2.70. The number of benzene rings is 2. The number of likely N-dealkylation sites (tertiary alicyclic amines) is 1. The molecule has 3 aromatic rings. The van der Waals surface area contributed by atoms with Crippen LogP contribution in [0.25, 0.3) is 10.6 Å². The first-order valence-corrected chi connectivity index (χ1v) is 10.3. The molecule has 144 valence electrons. The molecule has 1 aliphatic heterocycles. The van der Waals surface area contributed by atoms with Crippen molar-refractivity contribution in [3.05, 3.63) is 71.2 Å². The van der Waals surface area contributed by atoms with Crippen molar-refractivity contribution in [1.82, 2.24) is 15.2 Å². The highest BCUT2D eigenvalue weighted by molar-refractivity contribution is 7.13. The van der Waals surface area contributed by atoms with Gasteiger partial charge in [-0.3, -0.25) is 9.69 Å². The van der Waals surface area contributed by atoms with E-state index in [4.69, 9.17) is 4.74 Å². The minimum atomic E-state index is -0.0948. The van der Waals surface area contributed by atoms with Crippen LogP contribution in [0, 0.1) is 0 Å². The highest BCUT2D eigenvalue weighted by Gasteiger charge is 2.25. The van der Waals surface area contributed by atoms with Gasteiger partial charge >= 0.3 is 0 Å². The van der Waals surface area contributed by atoms with Crippen molar-refractivity contribution in [3.8, 4) is 16.3 Å². The number of aromatic nitrogens is 1. The smallest absolute Gasteiger partial charge is 0.271 e. The lowest BCUT2D eigenvalue weighted by Gasteiger charge is -2.16. The molecule has 0 radical (unpaired) electrons. The third-order valence-electron chi connectivity index (χ3n) is 4.93. The van der Waals surface area contributed by atoms with Gasteiger partial charge in [-0.25, -0.2) is 4.98 Å². The molecule has 2 aromatic carbocycles. The van der Waals surface area contributed by atoms with Crippen molar-refractivity contribution >= 4 is 17.2 Å². The van der Waals surface area contributed by atoms with Crippen molar-refractivity contribution in [3.63, 3.8) is 0 Å². The van der Waals surface area contributed by atoms with Gasteiger partial charge in [0.2, 0.25) is 0 Å². The SMILES string of the molecule is COc1ccc(-c2nc(C(=O)NC3CCN(Cc4ccccc4)C3)cs2)cc1. The van der Waals surface area contributed by atoms with Gasteiger partial charge in [-0.05, 0) is 36.2 Å². The predicted molar refractivity (Wildman–Crippen MR) is 112 cm³/mol. The maximum atomic E-state index is 12.6. The summed E-state index contributed by atoms with van der Waals surface area (Å²) in [5, 5.41) is 5.80. The van der Waals surface area contributed by atoms with Crippen molar-refractivity contribution in [1.29, 1.82) is 0 Å². The molecule has 0 spiro atoms. The second-order valence-corrected chi connectivity index (χ2v) is 7.80. The standard InChI is InChI=1S/C22H23N3O2S/c1-27-19-9-7-17(8-10-19)22-24-20(15-28-22)21(26)23-18-11-12-25(14-18)13-16-5-3-2-4-6-16/h2-10,15,18H,11-14H2,1H3,(H,23,26). The number of thiazole rings is 1. The van der Waals surface area contributed by atoms with Gasteiger partial charge in [0.15, 0.2) is 0 Å². The number of amides is 1. The molecule has 1 amide bonds. The Labute approximate surface area is 169 Å². The van der Waals surface area contributed by atoms with Gasteiger partial charge in [0, 0.05) is 36.6 Å². The van der Waals surface area contributed by atoms with Crippen LogP contribution in [0.3, 0.4) is 0 Å². The molecule has 28 heavy (non-hydrogen) atoms. The van der Waals surface area contributed by atoms with Gasteiger partial charge in [0.25, 0.3) is 5.91 Å². The Balaban J connectivity index is 1.33. The number of nitrogens with one attached hydrogen (secondary N) is 1. The number of ether oxygens (including phenoxy) is 1. The van der Waals surface area contributed by atoms with E-state index >= 15 is 0 Å². The first kappa shape index (κ1) is 18.7. The zero-order valence-corrected chi connectivity index (χ0v) is 16.6. The van der Waals surface area contributed by atoms with Crippen LogP contribution in [-0.4, -0.2) is 42.0 Å². The summed E-state index contributed by atoms with van der Waals surface area (Å²) in [6.07, 6.45) is 0.966. The van der Waals surface area contributed by atoms with Crippen LogP contribution in [0.15, 0.2) is 60.0 Å². The average molecular weight is 394 g/mol. The van der Waals surface area contributed by atoms with Crippen LogP contribution >= 0.6 is 11.3 Å². The summed E-state index contributed by atoms with van der Waals surface area (Å²) in [5.74, 6) is 0.710. The molecule has 1 unspecified atom stereocenters. The maximum Gasteiger partial charge on any atom is 0.271 e. The van der Waals surface area contributed by atoms with E-state index < -0.39 is 0 Å².